The van der Waals surface area contributed by atoms with Crippen LogP contribution in [0.5, 0.6) is 0 Å². The smallest absolute Gasteiger partial charge is 0.370 e. The van der Waals surface area contributed by atoms with Gasteiger partial charge in [0.1, 0.15) is 11.8 Å². The van der Waals surface area contributed by atoms with Crippen molar-refractivity contribution < 1.29 is 22.7 Å². The molecule has 1 saturated heterocycles. The Morgan fingerprint density at radius 3 is 2.75 bits per heavy atom. The molecule has 1 atom stereocenters. The summed E-state index contributed by atoms with van der Waals surface area (Å²) in [6.45, 7) is 0.478. The first-order chi connectivity index (χ1) is 11.5. The number of carbonyl (C=O) groups is 1. The van der Waals surface area contributed by atoms with Gasteiger partial charge in [-0.05, 0) is 11.6 Å². The minimum absolute atomic E-state index is 0.0293. The monoisotopic (exact) mass is 337 g/mol. The number of halogens is 3. The molecule has 1 aromatic heterocycles. The molecule has 5 nitrogen and oxygen atoms in total. The van der Waals surface area contributed by atoms with Crippen LogP contribution in [0.3, 0.4) is 0 Å². The summed E-state index contributed by atoms with van der Waals surface area (Å²) in [5.41, 5.74) is -0.562. The summed E-state index contributed by atoms with van der Waals surface area (Å²) in [5, 5.41) is 0. The molecule has 1 aromatic carbocycles. The van der Waals surface area contributed by atoms with E-state index in [4.69, 9.17) is 4.74 Å². The van der Waals surface area contributed by atoms with Gasteiger partial charge in [0.05, 0.1) is 24.9 Å². The van der Waals surface area contributed by atoms with Gasteiger partial charge in [-0.15, -0.1) is 0 Å². The number of morpholine rings is 1. The Balaban J connectivity index is 1.83. The number of amides is 1. The largest absolute Gasteiger partial charge is 0.416 e. The SMILES string of the molecule is O=C(c1cnccn1)N1CCO[C@H](c2ccccc2C(F)(F)F)C1. The maximum absolute atomic E-state index is 13.2. The van der Waals surface area contributed by atoms with Gasteiger partial charge in [0.15, 0.2) is 0 Å². The molecule has 2 heterocycles. The molecule has 0 spiro atoms. The summed E-state index contributed by atoms with van der Waals surface area (Å²) < 4.78 is 45.0. The molecular weight excluding hydrogens is 323 g/mol. The molecule has 2 aromatic rings. The Hall–Kier alpha value is -2.48. The predicted octanol–water partition coefficient (Wildman–Crippen LogP) is 2.71. The second-order valence-corrected chi connectivity index (χ2v) is 5.29. The van der Waals surface area contributed by atoms with Gasteiger partial charge in [0.2, 0.25) is 0 Å². The summed E-state index contributed by atoms with van der Waals surface area (Å²) in [4.78, 5) is 21.6. The highest BCUT2D eigenvalue weighted by Crippen LogP contribution is 2.36. The van der Waals surface area contributed by atoms with Crippen molar-refractivity contribution in [2.24, 2.45) is 0 Å². The van der Waals surface area contributed by atoms with Crippen LogP contribution in [0.4, 0.5) is 13.2 Å². The Morgan fingerprint density at radius 1 is 1.25 bits per heavy atom. The van der Waals surface area contributed by atoms with Gasteiger partial charge < -0.3 is 9.64 Å². The zero-order chi connectivity index (χ0) is 17.2. The Bertz CT molecular complexity index is 722. The molecule has 0 unspecified atom stereocenters. The van der Waals surface area contributed by atoms with E-state index in [0.29, 0.717) is 6.54 Å². The predicted molar refractivity (Wildman–Crippen MR) is 78.1 cm³/mol. The minimum atomic E-state index is -4.48. The van der Waals surface area contributed by atoms with E-state index in [2.05, 4.69) is 9.97 Å². The van der Waals surface area contributed by atoms with Gasteiger partial charge in [-0.1, -0.05) is 18.2 Å². The molecule has 1 aliphatic rings. The second kappa shape index (κ2) is 6.56. The van der Waals surface area contributed by atoms with Crippen molar-refractivity contribution in [1.82, 2.24) is 14.9 Å². The number of rotatable bonds is 2. The molecule has 0 aliphatic carbocycles. The lowest BCUT2D eigenvalue weighted by Gasteiger charge is -2.34. The number of hydrogen-bond acceptors (Lipinski definition) is 4. The van der Waals surface area contributed by atoms with Crippen LogP contribution in [-0.2, 0) is 10.9 Å². The number of aromatic nitrogens is 2. The van der Waals surface area contributed by atoms with Crippen molar-refractivity contribution in [1.29, 1.82) is 0 Å². The zero-order valence-electron chi connectivity index (χ0n) is 12.5. The fourth-order valence-corrected chi connectivity index (χ4v) is 2.63. The fraction of sp³-hybridized carbons (Fsp3) is 0.312. The Kier molecular flexibility index (Phi) is 4.48. The summed E-state index contributed by atoms with van der Waals surface area (Å²) in [6.07, 6.45) is -1.15. The zero-order valence-corrected chi connectivity index (χ0v) is 12.5. The van der Waals surface area contributed by atoms with E-state index < -0.39 is 17.8 Å². The van der Waals surface area contributed by atoms with Gasteiger partial charge in [0, 0.05) is 18.9 Å². The first-order valence-corrected chi connectivity index (χ1v) is 7.30. The summed E-state index contributed by atoms with van der Waals surface area (Å²) >= 11 is 0. The maximum atomic E-state index is 13.2. The van der Waals surface area contributed by atoms with Gasteiger partial charge in [0.25, 0.3) is 5.91 Å². The Labute approximate surface area is 136 Å². The van der Waals surface area contributed by atoms with Crippen molar-refractivity contribution in [3.8, 4) is 0 Å². The molecule has 0 bridgehead atoms. The van der Waals surface area contributed by atoms with Crippen LogP contribution in [0.2, 0.25) is 0 Å². The Morgan fingerprint density at radius 2 is 2.04 bits per heavy atom. The first kappa shape index (κ1) is 16.4. The van der Waals surface area contributed by atoms with Gasteiger partial charge in [-0.2, -0.15) is 13.2 Å². The van der Waals surface area contributed by atoms with Crippen LogP contribution in [-0.4, -0.2) is 40.5 Å². The standard InChI is InChI=1S/C16H14F3N3O2/c17-16(18,19)12-4-2-1-3-11(12)14-10-22(7-8-24-14)15(23)13-9-20-5-6-21-13/h1-6,9,14H,7-8,10H2/t14-/m0/s1. The molecule has 8 heteroatoms. The van der Waals surface area contributed by atoms with Crippen LogP contribution in [0.15, 0.2) is 42.9 Å². The van der Waals surface area contributed by atoms with Crippen molar-refractivity contribution in [3.05, 3.63) is 59.7 Å². The molecule has 3 rings (SSSR count). The van der Waals surface area contributed by atoms with Crippen LogP contribution in [0.1, 0.15) is 27.7 Å². The van der Waals surface area contributed by atoms with Crippen molar-refractivity contribution >= 4 is 5.91 Å². The summed E-state index contributed by atoms with van der Waals surface area (Å²) in [5.74, 6) is -0.374. The van der Waals surface area contributed by atoms with Gasteiger partial charge in [-0.25, -0.2) is 4.98 Å². The van der Waals surface area contributed by atoms with E-state index in [9.17, 15) is 18.0 Å². The van der Waals surface area contributed by atoms with Crippen LogP contribution < -0.4 is 0 Å². The topological polar surface area (TPSA) is 55.3 Å². The third kappa shape index (κ3) is 3.38. The lowest BCUT2D eigenvalue weighted by atomic mass is 10.0. The number of nitrogens with zero attached hydrogens (tertiary/aromatic N) is 3. The van der Waals surface area contributed by atoms with Gasteiger partial charge in [-0.3, -0.25) is 9.78 Å². The van der Waals surface area contributed by atoms with Crippen molar-refractivity contribution in [3.63, 3.8) is 0 Å². The average Bonchev–Trinajstić information content (AvgIpc) is 2.61. The number of alkyl halides is 3. The lowest BCUT2D eigenvalue weighted by molar-refractivity contribution is -0.140. The maximum Gasteiger partial charge on any atom is 0.416 e. The highest BCUT2D eigenvalue weighted by Gasteiger charge is 2.37. The minimum Gasteiger partial charge on any atom is -0.370 e. The van der Waals surface area contributed by atoms with E-state index in [-0.39, 0.29) is 30.3 Å². The molecule has 1 aliphatic heterocycles. The molecule has 1 amide bonds. The van der Waals surface area contributed by atoms with Crippen molar-refractivity contribution in [2.75, 3.05) is 19.7 Å². The van der Waals surface area contributed by atoms with Crippen LogP contribution in [0, 0.1) is 0 Å². The van der Waals surface area contributed by atoms with E-state index in [0.717, 1.165) is 6.07 Å². The number of ether oxygens (including phenoxy) is 1. The molecule has 24 heavy (non-hydrogen) atoms. The number of carbonyl (C=O) groups excluding carboxylic acids is 1. The quantitative estimate of drug-likeness (QED) is 0.845. The molecular formula is C16H14F3N3O2. The van der Waals surface area contributed by atoms with Crippen LogP contribution in [0.25, 0.3) is 0 Å². The average molecular weight is 337 g/mol. The molecule has 126 valence electrons. The number of benzene rings is 1. The third-order valence-corrected chi connectivity index (χ3v) is 3.75. The highest BCUT2D eigenvalue weighted by atomic mass is 19.4. The molecule has 1 fully saturated rings. The van der Waals surface area contributed by atoms with E-state index in [1.807, 2.05) is 0 Å². The molecule has 0 N–H and O–H groups in total. The number of hydrogen-bond donors (Lipinski definition) is 0. The highest BCUT2D eigenvalue weighted by molar-refractivity contribution is 5.92. The lowest BCUT2D eigenvalue weighted by Crippen LogP contribution is -2.43. The normalized spacial score (nSPS) is 18.5. The van der Waals surface area contributed by atoms with Crippen molar-refractivity contribution in [2.45, 2.75) is 12.3 Å². The summed E-state index contributed by atoms with van der Waals surface area (Å²) in [7, 11) is 0. The second-order valence-electron chi connectivity index (χ2n) is 5.29. The first-order valence-electron chi connectivity index (χ1n) is 7.30. The van der Waals surface area contributed by atoms with E-state index in [1.165, 1.54) is 41.7 Å². The molecule has 0 radical (unpaired) electrons. The van der Waals surface area contributed by atoms with Gasteiger partial charge >= 0.3 is 6.18 Å². The van der Waals surface area contributed by atoms with E-state index in [1.54, 1.807) is 0 Å². The third-order valence-electron chi connectivity index (χ3n) is 3.75. The van der Waals surface area contributed by atoms with Crippen LogP contribution >= 0.6 is 0 Å². The van der Waals surface area contributed by atoms with E-state index >= 15 is 0 Å². The summed E-state index contributed by atoms with van der Waals surface area (Å²) in [6, 6.07) is 5.25. The fourth-order valence-electron chi connectivity index (χ4n) is 2.63. The molecule has 0 saturated carbocycles.